The second-order valence-corrected chi connectivity index (χ2v) is 7.64. The molecule has 0 spiro atoms. The second-order valence-electron chi connectivity index (χ2n) is 7.64. The van der Waals surface area contributed by atoms with E-state index in [1.165, 1.54) is 6.33 Å². The first-order valence-electron chi connectivity index (χ1n) is 9.05. The Bertz CT molecular complexity index is 823. The largest absolute Gasteiger partial charge is 0.353 e. The molecule has 1 fully saturated rings. The van der Waals surface area contributed by atoms with Crippen LogP contribution in [0.5, 0.6) is 0 Å². The molecule has 1 aliphatic rings. The van der Waals surface area contributed by atoms with E-state index in [9.17, 15) is 9.59 Å². The van der Waals surface area contributed by atoms with Gasteiger partial charge in [0.25, 0.3) is 5.91 Å². The first-order chi connectivity index (χ1) is 12.9. The summed E-state index contributed by atoms with van der Waals surface area (Å²) in [5, 5.41) is 2.98. The van der Waals surface area contributed by atoms with E-state index in [-0.39, 0.29) is 11.3 Å². The second kappa shape index (κ2) is 7.73. The molecule has 0 unspecified atom stereocenters. The number of rotatable bonds is 4. The highest BCUT2D eigenvalue weighted by Crippen LogP contribution is 2.29. The zero-order valence-corrected chi connectivity index (χ0v) is 16.0. The Morgan fingerprint density at radius 2 is 1.81 bits per heavy atom. The number of carbonyl (C=O) groups excluding carboxylic acids is 2. The molecule has 1 saturated heterocycles. The molecule has 142 valence electrons. The van der Waals surface area contributed by atoms with Crippen molar-refractivity contribution < 1.29 is 9.59 Å². The van der Waals surface area contributed by atoms with Crippen LogP contribution >= 0.6 is 0 Å². The number of benzene rings is 1. The van der Waals surface area contributed by atoms with Gasteiger partial charge in [0.1, 0.15) is 17.8 Å². The molecule has 1 aromatic carbocycles. The van der Waals surface area contributed by atoms with Gasteiger partial charge in [0, 0.05) is 37.9 Å². The van der Waals surface area contributed by atoms with Crippen molar-refractivity contribution in [2.75, 3.05) is 36.4 Å². The molecule has 1 N–H and O–H groups in total. The third-order valence-corrected chi connectivity index (χ3v) is 4.66. The van der Waals surface area contributed by atoms with E-state index in [0.29, 0.717) is 37.7 Å². The van der Waals surface area contributed by atoms with Gasteiger partial charge >= 0.3 is 0 Å². The van der Waals surface area contributed by atoms with E-state index in [1.807, 2.05) is 24.3 Å². The molecular formula is C20H25N5O2. The number of anilines is 2. The van der Waals surface area contributed by atoms with Gasteiger partial charge in [0.15, 0.2) is 0 Å². The van der Waals surface area contributed by atoms with Gasteiger partial charge in [-0.1, -0.05) is 39.0 Å². The fourth-order valence-corrected chi connectivity index (χ4v) is 3.13. The van der Waals surface area contributed by atoms with Crippen LogP contribution in [0.4, 0.5) is 11.5 Å². The third-order valence-electron chi connectivity index (χ3n) is 4.66. The van der Waals surface area contributed by atoms with Gasteiger partial charge < -0.3 is 15.1 Å². The third kappa shape index (κ3) is 4.42. The van der Waals surface area contributed by atoms with Gasteiger partial charge in [-0.2, -0.15) is 0 Å². The summed E-state index contributed by atoms with van der Waals surface area (Å²) in [7, 11) is 0. The van der Waals surface area contributed by atoms with Gasteiger partial charge in [-0.05, 0) is 17.0 Å². The van der Waals surface area contributed by atoms with Gasteiger partial charge in [-0.25, -0.2) is 9.97 Å². The Morgan fingerprint density at radius 3 is 2.48 bits per heavy atom. The molecule has 0 atom stereocenters. The molecule has 0 bridgehead atoms. The number of piperazine rings is 1. The molecule has 7 nitrogen and oxygen atoms in total. The minimum Gasteiger partial charge on any atom is -0.353 e. The van der Waals surface area contributed by atoms with Crippen LogP contribution in [0.1, 0.15) is 36.8 Å². The molecule has 0 radical (unpaired) electrons. The smallest absolute Gasteiger partial charge is 0.274 e. The number of nitrogens with zero attached hydrogens (tertiary/aromatic N) is 4. The molecule has 0 saturated carbocycles. The van der Waals surface area contributed by atoms with Crippen molar-refractivity contribution in [1.29, 1.82) is 0 Å². The minimum absolute atomic E-state index is 0.0844. The summed E-state index contributed by atoms with van der Waals surface area (Å²) in [4.78, 5) is 35.8. The van der Waals surface area contributed by atoms with E-state index in [4.69, 9.17) is 0 Å². The highest BCUT2D eigenvalue weighted by molar-refractivity contribution is 6.03. The molecular weight excluding hydrogens is 342 g/mol. The standard InChI is InChI=1S/C20H25N5O2/c1-20(2,3)15-6-4-5-7-16(15)23-19(27)17-12-18(22-13-21-17)25-10-8-24(14-26)9-11-25/h4-7,12-14H,8-11H2,1-3H3,(H,23,27). The van der Waals surface area contributed by atoms with Crippen molar-refractivity contribution >= 4 is 23.8 Å². The summed E-state index contributed by atoms with van der Waals surface area (Å²) >= 11 is 0. The number of hydrogen-bond donors (Lipinski definition) is 1. The van der Waals surface area contributed by atoms with Crippen LogP contribution in [0.25, 0.3) is 0 Å². The minimum atomic E-state index is -0.262. The van der Waals surface area contributed by atoms with Gasteiger partial charge in [-0.15, -0.1) is 0 Å². The molecule has 1 aliphatic heterocycles. The van der Waals surface area contributed by atoms with Crippen molar-refractivity contribution in [1.82, 2.24) is 14.9 Å². The predicted octanol–water partition coefficient (Wildman–Crippen LogP) is 2.30. The fourth-order valence-electron chi connectivity index (χ4n) is 3.13. The zero-order valence-electron chi connectivity index (χ0n) is 16.0. The van der Waals surface area contributed by atoms with Crippen LogP contribution < -0.4 is 10.2 Å². The molecule has 7 heteroatoms. The summed E-state index contributed by atoms with van der Waals surface area (Å²) < 4.78 is 0. The van der Waals surface area contributed by atoms with Crippen molar-refractivity contribution in [2.45, 2.75) is 26.2 Å². The fraction of sp³-hybridized carbons (Fsp3) is 0.400. The predicted molar refractivity (Wildman–Crippen MR) is 105 cm³/mol. The summed E-state index contributed by atoms with van der Waals surface area (Å²) in [6.45, 7) is 8.99. The normalized spacial score (nSPS) is 14.8. The molecule has 2 aromatic rings. The van der Waals surface area contributed by atoms with Crippen molar-refractivity contribution in [3.05, 3.63) is 47.9 Å². The first-order valence-corrected chi connectivity index (χ1v) is 9.05. The average Bonchev–Trinajstić information content (AvgIpc) is 2.68. The van der Waals surface area contributed by atoms with E-state index in [1.54, 1.807) is 11.0 Å². The summed E-state index contributed by atoms with van der Waals surface area (Å²) in [5.41, 5.74) is 2.09. The monoisotopic (exact) mass is 367 g/mol. The molecule has 27 heavy (non-hydrogen) atoms. The van der Waals surface area contributed by atoms with Crippen LogP contribution in [0.15, 0.2) is 36.7 Å². The Balaban J connectivity index is 1.76. The first kappa shape index (κ1) is 18.8. The number of amides is 2. The topological polar surface area (TPSA) is 78.4 Å². The zero-order chi connectivity index (χ0) is 19.4. The molecule has 3 rings (SSSR count). The lowest BCUT2D eigenvalue weighted by Crippen LogP contribution is -2.46. The summed E-state index contributed by atoms with van der Waals surface area (Å²) in [6, 6.07) is 9.50. The number of nitrogens with one attached hydrogen (secondary N) is 1. The van der Waals surface area contributed by atoms with Crippen molar-refractivity contribution in [2.24, 2.45) is 0 Å². The van der Waals surface area contributed by atoms with Gasteiger partial charge in [-0.3, -0.25) is 9.59 Å². The van der Waals surface area contributed by atoms with Gasteiger partial charge in [0.05, 0.1) is 0 Å². The Hall–Kier alpha value is -2.96. The number of carbonyl (C=O) groups is 2. The van der Waals surface area contributed by atoms with Crippen LogP contribution in [0, 0.1) is 0 Å². The molecule has 2 heterocycles. The summed E-state index contributed by atoms with van der Waals surface area (Å²) in [5.74, 6) is 0.437. The Kier molecular flexibility index (Phi) is 5.39. The van der Waals surface area contributed by atoms with Crippen molar-refractivity contribution in [3.8, 4) is 0 Å². The van der Waals surface area contributed by atoms with Crippen LogP contribution in [0.2, 0.25) is 0 Å². The lowest BCUT2D eigenvalue weighted by molar-refractivity contribution is -0.118. The Labute approximate surface area is 159 Å². The van der Waals surface area contributed by atoms with Crippen LogP contribution in [0.3, 0.4) is 0 Å². The molecule has 2 amide bonds. The highest BCUT2D eigenvalue weighted by atomic mass is 16.2. The summed E-state index contributed by atoms with van der Waals surface area (Å²) in [6.07, 6.45) is 2.27. The van der Waals surface area contributed by atoms with Crippen LogP contribution in [-0.2, 0) is 10.2 Å². The van der Waals surface area contributed by atoms with E-state index in [2.05, 4.69) is 41.0 Å². The number of para-hydroxylation sites is 1. The number of hydrogen-bond acceptors (Lipinski definition) is 5. The van der Waals surface area contributed by atoms with E-state index < -0.39 is 0 Å². The maximum atomic E-state index is 12.8. The van der Waals surface area contributed by atoms with Crippen LogP contribution in [-0.4, -0.2) is 53.4 Å². The lowest BCUT2D eigenvalue weighted by atomic mass is 9.86. The maximum absolute atomic E-state index is 12.8. The SMILES string of the molecule is CC(C)(C)c1ccccc1NC(=O)c1cc(N2CCN(C=O)CC2)ncn1. The van der Waals surface area contributed by atoms with E-state index >= 15 is 0 Å². The van der Waals surface area contributed by atoms with E-state index in [0.717, 1.165) is 17.7 Å². The molecule has 0 aliphatic carbocycles. The highest BCUT2D eigenvalue weighted by Gasteiger charge is 2.21. The van der Waals surface area contributed by atoms with Crippen molar-refractivity contribution in [3.63, 3.8) is 0 Å². The van der Waals surface area contributed by atoms with Gasteiger partial charge in [0.2, 0.25) is 6.41 Å². The quantitative estimate of drug-likeness (QED) is 0.839. The lowest BCUT2D eigenvalue weighted by Gasteiger charge is -2.33. The number of aromatic nitrogens is 2. The Morgan fingerprint density at radius 1 is 1.11 bits per heavy atom. The average molecular weight is 367 g/mol. The maximum Gasteiger partial charge on any atom is 0.274 e. The molecule has 1 aromatic heterocycles.